The van der Waals surface area contributed by atoms with Gasteiger partial charge in [0.05, 0.1) is 31.1 Å². The molecule has 0 unspecified atom stereocenters. The van der Waals surface area contributed by atoms with Crippen molar-refractivity contribution in [2.24, 2.45) is 0 Å². The molecule has 0 spiro atoms. The van der Waals surface area contributed by atoms with Crippen LogP contribution >= 0.6 is 0 Å². The highest BCUT2D eigenvalue weighted by atomic mass is 19.3. The normalized spacial score (nSPS) is 11.6. The Morgan fingerprint density at radius 1 is 1.25 bits per heavy atom. The number of hydrogen-bond donors (Lipinski definition) is 2. The predicted octanol–water partition coefficient (Wildman–Crippen LogP) is 1.01. The summed E-state index contributed by atoms with van der Waals surface area (Å²) in [6.45, 7) is 2.47. The van der Waals surface area contributed by atoms with Gasteiger partial charge in [-0.2, -0.15) is 5.10 Å². The second-order valence-electron chi connectivity index (χ2n) is 6.30. The molecule has 0 atom stereocenters. The summed E-state index contributed by atoms with van der Waals surface area (Å²) in [6, 6.07) is 1.66. The highest BCUT2D eigenvalue weighted by Gasteiger charge is 2.25. The van der Waals surface area contributed by atoms with E-state index < -0.39 is 24.2 Å². The molecule has 0 aliphatic heterocycles. The van der Waals surface area contributed by atoms with Crippen LogP contribution in [0.25, 0.3) is 5.65 Å². The van der Waals surface area contributed by atoms with Crippen LogP contribution in [0.1, 0.15) is 40.8 Å². The highest BCUT2D eigenvalue weighted by Crippen LogP contribution is 2.16. The van der Waals surface area contributed by atoms with Gasteiger partial charge in [0.2, 0.25) is 5.91 Å². The van der Waals surface area contributed by atoms with Gasteiger partial charge in [0, 0.05) is 6.54 Å². The maximum absolute atomic E-state index is 12.8. The van der Waals surface area contributed by atoms with E-state index in [1.807, 2.05) is 0 Å². The second kappa shape index (κ2) is 7.66. The zero-order chi connectivity index (χ0) is 20.3. The molecule has 3 rings (SSSR count). The van der Waals surface area contributed by atoms with Crippen LogP contribution in [-0.4, -0.2) is 42.6 Å². The van der Waals surface area contributed by atoms with E-state index in [2.05, 4.69) is 35.7 Å². The van der Waals surface area contributed by atoms with Crippen LogP contribution in [0.15, 0.2) is 23.1 Å². The van der Waals surface area contributed by atoms with Crippen LogP contribution in [0.4, 0.5) is 8.78 Å². The molecule has 0 fully saturated rings. The molecule has 10 nitrogen and oxygen atoms in total. The zero-order valence-electron chi connectivity index (χ0n) is 15.1. The Morgan fingerprint density at radius 3 is 2.71 bits per heavy atom. The lowest BCUT2D eigenvalue weighted by Gasteiger charge is -2.10. The van der Waals surface area contributed by atoms with Gasteiger partial charge in [-0.1, -0.05) is 5.16 Å². The average molecular weight is 393 g/mol. The first kappa shape index (κ1) is 19.3. The van der Waals surface area contributed by atoms with Crippen LogP contribution in [0.3, 0.4) is 0 Å². The standard InChI is InChI=1S/C16H17F2N7O3/c1-9-14(24-28-23-9)15(27)20-7-11-8-25-12(22-11)3-10(6-21-25)5-19-13(26)4-16(2,17)18/h3,6,8H,4-5,7H2,1-2H3,(H,19,26)(H,20,27). The van der Waals surface area contributed by atoms with Crippen LogP contribution in [0, 0.1) is 6.92 Å². The fraction of sp³-hybridized carbons (Fsp3) is 0.375. The lowest BCUT2D eigenvalue weighted by atomic mass is 10.2. The van der Waals surface area contributed by atoms with Gasteiger partial charge in [-0.15, -0.1) is 0 Å². The average Bonchev–Trinajstić information content (AvgIpc) is 3.21. The Hall–Kier alpha value is -3.44. The molecule has 2 N–H and O–H groups in total. The largest absolute Gasteiger partial charge is 0.352 e. The molecule has 0 saturated carbocycles. The Labute approximate surface area is 157 Å². The van der Waals surface area contributed by atoms with Crippen molar-refractivity contribution in [1.29, 1.82) is 0 Å². The first-order valence-corrected chi connectivity index (χ1v) is 8.26. The van der Waals surface area contributed by atoms with E-state index >= 15 is 0 Å². The molecule has 0 saturated heterocycles. The molecule has 2 amide bonds. The zero-order valence-corrected chi connectivity index (χ0v) is 15.1. The van der Waals surface area contributed by atoms with Gasteiger partial charge in [-0.05, 0) is 30.6 Å². The quantitative estimate of drug-likeness (QED) is 0.613. The monoisotopic (exact) mass is 393 g/mol. The van der Waals surface area contributed by atoms with Crippen molar-refractivity contribution in [1.82, 2.24) is 35.5 Å². The number of aromatic nitrogens is 5. The molecule has 12 heteroatoms. The number of nitrogens with one attached hydrogen (secondary N) is 2. The van der Waals surface area contributed by atoms with Gasteiger partial charge < -0.3 is 10.6 Å². The Balaban J connectivity index is 1.60. The molecule has 3 heterocycles. The van der Waals surface area contributed by atoms with Crippen molar-refractivity contribution in [3.8, 4) is 0 Å². The number of nitrogens with zero attached hydrogens (tertiary/aromatic N) is 5. The minimum atomic E-state index is -3.06. The van der Waals surface area contributed by atoms with E-state index in [4.69, 9.17) is 0 Å². The van der Waals surface area contributed by atoms with Gasteiger partial charge in [-0.25, -0.2) is 22.9 Å². The maximum Gasteiger partial charge on any atom is 0.275 e. The van der Waals surface area contributed by atoms with E-state index in [0.717, 1.165) is 0 Å². The van der Waals surface area contributed by atoms with Crippen molar-refractivity contribution in [2.75, 3.05) is 0 Å². The Kier molecular flexibility index (Phi) is 5.29. The highest BCUT2D eigenvalue weighted by molar-refractivity contribution is 5.92. The van der Waals surface area contributed by atoms with Gasteiger partial charge in [0.1, 0.15) is 5.69 Å². The van der Waals surface area contributed by atoms with E-state index in [1.165, 1.54) is 10.7 Å². The molecule has 0 aliphatic rings. The first-order chi connectivity index (χ1) is 13.2. The molecule has 28 heavy (non-hydrogen) atoms. The summed E-state index contributed by atoms with van der Waals surface area (Å²) in [7, 11) is 0. The third kappa shape index (κ3) is 4.84. The Morgan fingerprint density at radius 2 is 2.04 bits per heavy atom. The van der Waals surface area contributed by atoms with Crippen molar-refractivity contribution < 1.29 is 23.0 Å². The molecule has 3 aromatic heterocycles. The van der Waals surface area contributed by atoms with Crippen molar-refractivity contribution in [2.45, 2.75) is 39.3 Å². The topological polar surface area (TPSA) is 127 Å². The molecule has 148 valence electrons. The second-order valence-corrected chi connectivity index (χ2v) is 6.30. The van der Waals surface area contributed by atoms with E-state index in [1.54, 1.807) is 19.2 Å². The number of carbonyl (C=O) groups is 2. The van der Waals surface area contributed by atoms with Crippen LogP contribution < -0.4 is 10.6 Å². The summed E-state index contributed by atoms with van der Waals surface area (Å²) in [5.41, 5.74) is 2.10. The molecule has 0 radical (unpaired) electrons. The SMILES string of the molecule is Cc1nonc1C(=O)NCc1cn2ncc(CNC(=O)CC(C)(F)F)cc2n1. The number of imidazole rings is 1. The number of aryl methyl sites for hydroxylation is 1. The third-order valence-corrected chi connectivity index (χ3v) is 3.69. The van der Waals surface area contributed by atoms with Gasteiger partial charge >= 0.3 is 0 Å². The van der Waals surface area contributed by atoms with Crippen molar-refractivity contribution in [3.63, 3.8) is 0 Å². The van der Waals surface area contributed by atoms with Crippen molar-refractivity contribution >= 4 is 17.5 Å². The number of alkyl halides is 2. The minimum absolute atomic E-state index is 0.0514. The number of fused-ring (bicyclic) bond motifs is 1. The number of hydrogen-bond acceptors (Lipinski definition) is 7. The van der Waals surface area contributed by atoms with Crippen LogP contribution in [0.2, 0.25) is 0 Å². The summed E-state index contributed by atoms with van der Waals surface area (Å²) >= 11 is 0. The molecule has 3 aromatic rings. The number of halogens is 2. The maximum atomic E-state index is 12.8. The van der Waals surface area contributed by atoms with Gasteiger partial charge in [0.15, 0.2) is 11.3 Å². The molecular weight excluding hydrogens is 376 g/mol. The lowest BCUT2D eigenvalue weighted by Crippen LogP contribution is -2.28. The smallest absolute Gasteiger partial charge is 0.275 e. The third-order valence-electron chi connectivity index (χ3n) is 3.69. The predicted molar refractivity (Wildman–Crippen MR) is 90.3 cm³/mol. The van der Waals surface area contributed by atoms with Gasteiger partial charge in [0.25, 0.3) is 11.8 Å². The summed E-state index contributed by atoms with van der Waals surface area (Å²) in [5.74, 6) is -4.26. The fourth-order valence-corrected chi connectivity index (χ4v) is 2.38. The first-order valence-electron chi connectivity index (χ1n) is 8.26. The molecular formula is C16H17F2N7O3. The Bertz CT molecular complexity index is 1010. The van der Waals surface area contributed by atoms with E-state index in [9.17, 15) is 18.4 Å². The fourth-order valence-electron chi connectivity index (χ4n) is 2.38. The van der Waals surface area contributed by atoms with E-state index in [0.29, 0.717) is 29.5 Å². The summed E-state index contributed by atoms with van der Waals surface area (Å²) < 4.78 is 31.6. The lowest BCUT2D eigenvalue weighted by molar-refractivity contribution is -0.127. The number of rotatable bonds is 7. The molecule has 0 aliphatic carbocycles. The summed E-state index contributed by atoms with van der Waals surface area (Å²) in [5, 5.41) is 16.3. The summed E-state index contributed by atoms with van der Waals surface area (Å²) in [6.07, 6.45) is 2.24. The summed E-state index contributed by atoms with van der Waals surface area (Å²) in [4.78, 5) is 27.8. The van der Waals surface area contributed by atoms with E-state index in [-0.39, 0.29) is 18.8 Å². The molecule has 0 aromatic carbocycles. The van der Waals surface area contributed by atoms with Crippen LogP contribution in [-0.2, 0) is 17.9 Å². The van der Waals surface area contributed by atoms with Crippen molar-refractivity contribution in [3.05, 3.63) is 41.1 Å². The minimum Gasteiger partial charge on any atom is -0.352 e. The van der Waals surface area contributed by atoms with Crippen LogP contribution in [0.5, 0.6) is 0 Å². The number of carbonyl (C=O) groups excluding carboxylic acids is 2. The molecule has 0 bridgehead atoms. The van der Waals surface area contributed by atoms with Gasteiger partial charge in [-0.3, -0.25) is 9.59 Å². The number of amides is 2.